The molecule has 1 amide bonds. The molecule has 1 fully saturated rings. The van der Waals surface area contributed by atoms with Gasteiger partial charge in [-0.25, -0.2) is 0 Å². The Morgan fingerprint density at radius 3 is 2.67 bits per heavy atom. The van der Waals surface area contributed by atoms with Gasteiger partial charge in [-0.2, -0.15) is 0 Å². The maximum atomic E-state index is 11.2. The van der Waals surface area contributed by atoms with Gasteiger partial charge in [0.25, 0.3) is 0 Å². The fourth-order valence-corrected chi connectivity index (χ4v) is 1.11. The first-order chi connectivity index (χ1) is 5.70. The predicted molar refractivity (Wildman–Crippen MR) is 47.4 cm³/mol. The average Bonchev–Trinajstić information content (AvgIpc) is 2.06. The molecule has 0 radical (unpaired) electrons. The Morgan fingerprint density at radius 1 is 1.58 bits per heavy atom. The van der Waals surface area contributed by atoms with E-state index in [1.165, 1.54) is 4.31 Å². The van der Waals surface area contributed by atoms with Crippen LogP contribution in [0.3, 0.4) is 0 Å². The molecule has 1 aliphatic heterocycles. The van der Waals surface area contributed by atoms with Crippen molar-refractivity contribution < 1.29 is 9.53 Å². The van der Waals surface area contributed by atoms with Crippen molar-refractivity contribution in [2.45, 2.75) is 0 Å². The maximum Gasteiger partial charge on any atom is 0.214 e. The van der Waals surface area contributed by atoms with Crippen molar-refractivity contribution in [1.82, 2.24) is 9.21 Å². The fraction of sp³-hybridized carbons (Fsp3) is 0.857. The van der Waals surface area contributed by atoms with Gasteiger partial charge >= 0.3 is 0 Å². The Morgan fingerprint density at radius 2 is 2.17 bits per heavy atom. The minimum atomic E-state index is -0.0214. The summed E-state index contributed by atoms with van der Waals surface area (Å²) in [5.41, 5.74) is 0. The van der Waals surface area contributed by atoms with Gasteiger partial charge in [0.2, 0.25) is 5.91 Å². The highest BCUT2D eigenvalue weighted by molar-refractivity contribution is 7.56. The highest BCUT2D eigenvalue weighted by Crippen LogP contribution is 1.96. The Bertz CT molecular complexity index is 157. The number of morpholine rings is 1. The lowest BCUT2D eigenvalue weighted by molar-refractivity contribution is -0.127. The summed E-state index contributed by atoms with van der Waals surface area (Å²) in [7, 11) is 1.60. The molecular weight excluding hydrogens is 176 g/mol. The van der Waals surface area contributed by atoms with Gasteiger partial charge in [0.15, 0.2) is 0 Å². The molecule has 5 heteroatoms. The monoisotopic (exact) mass is 189 g/mol. The second kappa shape index (κ2) is 4.69. The molecule has 0 spiro atoms. The van der Waals surface area contributed by atoms with Crippen molar-refractivity contribution in [2.75, 3.05) is 39.9 Å². The Balaban J connectivity index is 2.24. The van der Waals surface area contributed by atoms with Gasteiger partial charge in [0.05, 0.1) is 19.8 Å². The van der Waals surface area contributed by atoms with Crippen LogP contribution in [0.2, 0.25) is 0 Å². The molecule has 1 aliphatic rings. The average molecular weight is 189 g/mol. The molecule has 0 N–H and O–H groups in total. The number of rotatable bonds is 2. The van der Waals surface area contributed by atoms with Crippen LogP contribution in [0.4, 0.5) is 0 Å². The van der Waals surface area contributed by atoms with E-state index < -0.39 is 0 Å². The molecule has 0 saturated carbocycles. The van der Waals surface area contributed by atoms with Crippen molar-refractivity contribution >= 4 is 18.7 Å². The molecule has 1 rings (SSSR count). The van der Waals surface area contributed by atoms with Crippen molar-refractivity contribution in [3.63, 3.8) is 0 Å². The number of likely N-dealkylation sites (N-methyl/N-ethyl adjacent to an activating group) is 1. The first-order valence-corrected chi connectivity index (χ1v) is 4.30. The van der Waals surface area contributed by atoms with E-state index in [1.807, 2.05) is 0 Å². The number of nitrogens with zero attached hydrogens (tertiary/aromatic N) is 2. The third-order valence-corrected chi connectivity index (χ3v) is 2.02. The number of carbonyl (C=O) groups is 1. The molecule has 70 valence electrons. The van der Waals surface area contributed by atoms with Crippen LogP contribution in [-0.2, 0) is 22.3 Å². The zero-order chi connectivity index (χ0) is 8.97. The van der Waals surface area contributed by atoms with Gasteiger partial charge in [0, 0.05) is 13.1 Å². The van der Waals surface area contributed by atoms with E-state index in [0.717, 1.165) is 13.1 Å². The zero-order valence-electron chi connectivity index (χ0n) is 7.15. The lowest BCUT2D eigenvalue weighted by Gasteiger charge is -2.30. The molecule has 0 aliphatic carbocycles. The van der Waals surface area contributed by atoms with Crippen molar-refractivity contribution in [1.29, 1.82) is 0 Å². The van der Waals surface area contributed by atoms with Gasteiger partial charge in [-0.1, -0.05) is 0 Å². The molecule has 0 aromatic rings. The summed E-state index contributed by atoms with van der Waals surface area (Å²) in [5, 5.41) is 0. The van der Waals surface area contributed by atoms with E-state index in [9.17, 15) is 4.79 Å². The third kappa shape index (κ3) is 3.00. The van der Waals surface area contributed by atoms with E-state index in [1.54, 1.807) is 7.05 Å². The number of hydrogen-bond acceptors (Lipinski definition) is 4. The van der Waals surface area contributed by atoms with Crippen molar-refractivity contribution in [3.8, 4) is 0 Å². The number of amides is 1. The van der Waals surface area contributed by atoms with E-state index >= 15 is 0 Å². The molecule has 12 heavy (non-hydrogen) atoms. The van der Waals surface area contributed by atoms with Gasteiger partial charge < -0.3 is 21.9 Å². The van der Waals surface area contributed by atoms with Crippen LogP contribution >= 0.6 is 0 Å². The van der Waals surface area contributed by atoms with Crippen molar-refractivity contribution in [3.05, 3.63) is 0 Å². The molecular formula is C7H13N2O2S-. The molecule has 0 aromatic carbocycles. The van der Waals surface area contributed by atoms with E-state index in [-0.39, 0.29) is 5.91 Å². The van der Waals surface area contributed by atoms with Crippen LogP contribution in [0.1, 0.15) is 0 Å². The standard InChI is InChI=1S/C7H13N2O2S/c1-8(12)7(10)6-9-2-4-11-5-3-9/h2-6H2,1H3/q-1. The van der Waals surface area contributed by atoms with Crippen LogP contribution in [0, 0.1) is 0 Å². The summed E-state index contributed by atoms with van der Waals surface area (Å²) in [5.74, 6) is -0.0214. The largest absolute Gasteiger partial charge is 0.664 e. The first kappa shape index (κ1) is 9.83. The van der Waals surface area contributed by atoms with Crippen molar-refractivity contribution in [2.24, 2.45) is 0 Å². The quantitative estimate of drug-likeness (QED) is 0.535. The Hall–Kier alpha value is -0.260. The second-order valence-corrected chi connectivity index (χ2v) is 3.33. The molecule has 1 saturated heterocycles. The highest BCUT2D eigenvalue weighted by Gasteiger charge is 2.12. The molecule has 0 aromatic heterocycles. The third-order valence-electron chi connectivity index (χ3n) is 1.81. The number of carbonyl (C=O) groups excluding carboxylic acids is 1. The maximum absolute atomic E-state index is 11.2. The molecule has 0 unspecified atom stereocenters. The molecule has 1 heterocycles. The number of ether oxygens (including phenoxy) is 1. The van der Waals surface area contributed by atoms with E-state index in [4.69, 9.17) is 17.6 Å². The minimum absolute atomic E-state index is 0.0214. The van der Waals surface area contributed by atoms with E-state index in [0.29, 0.717) is 19.8 Å². The zero-order valence-corrected chi connectivity index (χ0v) is 7.97. The second-order valence-electron chi connectivity index (χ2n) is 2.78. The molecule has 0 atom stereocenters. The summed E-state index contributed by atoms with van der Waals surface area (Å²) < 4.78 is 6.35. The molecule has 4 nitrogen and oxygen atoms in total. The first-order valence-electron chi connectivity index (χ1n) is 3.94. The van der Waals surface area contributed by atoms with Gasteiger partial charge in [-0.05, 0) is 7.05 Å². The Labute approximate surface area is 78.0 Å². The van der Waals surface area contributed by atoms with E-state index in [2.05, 4.69) is 4.90 Å². The summed E-state index contributed by atoms with van der Waals surface area (Å²) >= 11 is 4.70. The van der Waals surface area contributed by atoms with Crippen LogP contribution in [0.15, 0.2) is 0 Å². The smallest absolute Gasteiger partial charge is 0.214 e. The highest BCUT2D eigenvalue weighted by atomic mass is 32.1. The van der Waals surface area contributed by atoms with Gasteiger partial charge in [-0.3, -0.25) is 9.69 Å². The van der Waals surface area contributed by atoms with Crippen LogP contribution in [0.25, 0.3) is 0 Å². The SMILES string of the molecule is CN([S-])C(=O)CN1CCOCC1. The summed E-state index contributed by atoms with van der Waals surface area (Å²) in [6.45, 7) is 3.51. The Kier molecular flexibility index (Phi) is 3.84. The number of hydrogen-bond donors (Lipinski definition) is 0. The van der Waals surface area contributed by atoms with Gasteiger partial charge in [-0.15, -0.1) is 0 Å². The van der Waals surface area contributed by atoms with Crippen LogP contribution < -0.4 is 0 Å². The summed E-state index contributed by atoms with van der Waals surface area (Å²) in [4.78, 5) is 13.2. The summed E-state index contributed by atoms with van der Waals surface area (Å²) in [6.07, 6.45) is 0. The summed E-state index contributed by atoms with van der Waals surface area (Å²) in [6, 6.07) is 0. The van der Waals surface area contributed by atoms with Gasteiger partial charge in [0.1, 0.15) is 0 Å². The van der Waals surface area contributed by atoms with Crippen LogP contribution in [-0.4, -0.2) is 55.0 Å². The molecule has 0 bridgehead atoms. The predicted octanol–water partition coefficient (Wildman–Crippen LogP) is -0.761. The van der Waals surface area contributed by atoms with Crippen LogP contribution in [0.5, 0.6) is 0 Å². The fourth-order valence-electron chi connectivity index (χ4n) is 1.05. The normalized spacial score (nSPS) is 19.2. The lowest BCUT2D eigenvalue weighted by Crippen LogP contribution is -2.42. The minimum Gasteiger partial charge on any atom is -0.664 e. The lowest BCUT2D eigenvalue weighted by atomic mass is 10.4. The topological polar surface area (TPSA) is 32.8 Å².